The quantitative estimate of drug-likeness (QED) is 0.770. The van der Waals surface area contributed by atoms with E-state index in [-0.39, 0.29) is 5.69 Å². The van der Waals surface area contributed by atoms with E-state index in [4.69, 9.17) is 0 Å². The van der Waals surface area contributed by atoms with Gasteiger partial charge in [0.05, 0.1) is 0 Å². The minimum absolute atomic E-state index is 0.166. The van der Waals surface area contributed by atoms with E-state index >= 15 is 0 Å². The SMILES string of the molecule is Cc1cc(C(=O)N[C@@H](C(=O)O)c2ccccc2)n[nH]1. The molecule has 19 heavy (non-hydrogen) atoms. The number of aryl methyl sites for hydroxylation is 1. The summed E-state index contributed by atoms with van der Waals surface area (Å²) in [5.41, 5.74) is 1.41. The molecule has 1 atom stereocenters. The number of hydrogen-bond acceptors (Lipinski definition) is 3. The summed E-state index contributed by atoms with van der Waals surface area (Å²) in [5.74, 6) is -1.65. The van der Waals surface area contributed by atoms with Crippen LogP contribution in [0.5, 0.6) is 0 Å². The van der Waals surface area contributed by atoms with E-state index in [1.165, 1.54) is 0 Å². The summed E-state index contributed by atoms with van der Waals surface area (Å²) in [7, 11) is 0. The first-order valence-electron chi connectivity index (χ1n) is 5.68. The predicted molar refractivity (Wildman–Crippen MR) is 67.6 cm³/mol. The van der Waals surface area contributed by atoms with Gasteiger partial charge in [0.1, 0.15) is 5.69 Å². The van der Waals surface area contributed by atoms with Crippen LogP contribution in [0.15, 0.2) is 36.4 Å². The number of nitrogens with one attached hydrogen (secondary N) is 2. The van der Waals surface area contributed by atoms with Crippen LogP contribution in [-0.4, -0.2) is 27.2 Å². The highest BCUT2D eigenvalue weighted by atomic mass is 16.4. The molecule has 0 aliphatic rings. The molecule has 3 N–H and O–H groups in total. The number of amides is 1. The molecule has 1 aromatic carbocycles. The molecule has 98 valence electrons. The smallest absolute Gasteiger partial charge is 0.330 e. The van der Waals surface area contributed by atoms with E-state index < -0.39 is 17.9 Å². The van der Waals surface area contributed by atoms with Crippen molar-refractivity contribution in [2.24, 2.45) is 0 Å². The van der Waals surface area contributed by atoms with Gasteiger partial charge in [0.15, 0.2) is 6.04 Å². The van der Waals surface area contributed by atoms with Crippen LogP contribution < -0.4 is 5.32 Å². The second kappa shape index (κ2) is 5.34. The van der Waals surface area contributed by atoms with Crippen molar-refractivity contribution in [3.8, 4) is 0 Å². The Bertz CT molecular complexity index is 592. The standard InChI is InChI=1S/C13H13N3O3/c1-8-7-10(16-15-8)12(17)14-11(13(18)19)9-5-3-2-4-6-9/h2-7,11H,1H3,(H,14,17)(H,15,16)(H,18,19)/t11-/m1/s1. The van der Waals surface area contributed by atoms with Crippen LogP contribution in [0.4, 0.5) is 0 Å². The largest absolute Gasteiger partial charge is 0.479 e. The summed E-state index contributed by atoms with van der Waals surface area (Å²) in [6.45, 7) is 1.76. The number of aromatic amines is 1. The molecule has 6 nitrogen and oxygen atoms in total. The highest BCUT2D eigenvalue weighted by Crippen LogP contribution is 2.13. The summed E-state index contributed by atoms with van der Waals surface area (Å²) in [6.07, 6.45) is 0. The third-order valence-electron chi connectivity index (χ3n) is 2.59. The van der Waals surface area contributed by atoms with E-state index in [0.29, 0.717) is 5.56 Å². The topological polar surface area (TPSA) is 95.1 Å². The average molecular weight is 259 g/mol. The maximum absolute atomic E-state index is 11.9. The number of benzene rings is 1. The summed E-state index contributed by atoms with van der Waals surface area (Å²) in [6, 6.07) is 8.97. The van der Waals surface area contributed by atoms with E-state index in [2.05, 4.69) is 15.5 Å². The van der Waals surface area contributed by atoms with Crippen molar-refractivity contribution in [2.75, 3.05) is 0 Å². The zero-order valence-corrected chi connectivity index (χ0v) is 10.3. The van der Waals surface area contributed by atoms with Crippen molar-refractivity contribution in [2.45, 2.75) is 13.0 Å². The molecule has 0 aliphatic heterocycles. The second-order valence-electron chi connectivity index (χ2n) is 4.09. The van der Waals surface area contributed by atoms with Gasteiger partial charge >= 0.3 is 5.97 Å². The molecule has 1 heterocycles. The minimum atomic E-state index is -1.12. The monoisotopic (exact) mass is 259 g/mol. The zero-order valence-electron chi connectivity index (χ0n) is 10.3. The van der Waals surface area contributed by atoms with Gasteiger partial charge in [0.2, 0.25) is 0 Å². The lowest BCUT2D eigenvalue weighted by Gasteiger charge is -2.13. The first-order valence-corrected chi connectivity index (χ1v) is 5.68. The molecular weight excluding hydrogens is 246 g/mol. The predicted octanol–water partition coefficient (Wildman–Crippen LogP) is 1.27. The number of carbonyl (C=O) groups excluding carboxylic acids is 1. The van der Waals surface area contributed by atoms with Gasteiger partial charge in [-0.25, -0.2) is 4.79 Å². The number of carboxylic acid groups (broad SMARTS) is 1. The molecule has 2 rings (SSSR count). The molecule has 0 fully saturated rings. The van der Waals surface area contributed by atoms with Crippen molar-refractivity contribution in [1.29, 1.82) is 0 Å². The number of H-pyrrole nitrogens is 1. The van der Waals surface area contributed by atoms with Crippen LogP contribution in [0, 0.1) is 6.92 Å². The molecule has 0 radical (unpaired) electrons. The molecule has 0 saturated carbocycles. The average Bonchev–Trinajstić information content (AvgIpc) is 2.83. The van der Waals surface area contributed by atoms with E-state index in [9.17, 15) is 14.7 Å². The number of rotatable bonds is 4. The van der Waals surface area contributed by atoms with Gasteiger partial charge < -0.3 is 10.4 Å². The van der Waals surface area contributed by atoms with Gasteiger partial charge in [0, 0.05) is 5.69 Å². The summed E-state index contributed by atoms with van der Waals surface area (Å²) < 4.78 is 0. The van der Waals surface area contributed by atoms with E-state index in [0.717, 1.165) is 5.69 Å². The molecule has 0 aliphatic carbocycles. The van der Waals surface area contributed by atoms with E-state index in [1.54, 1.807) is 43.3 Å². The minimum Gasteiger partial charge on any atom is -0.479 e. The van der Waals surface area contributed by atoms with Gasteiger partial charge in [-0.15, -0.1) is 0 Å². The van der Waals surface area contributed by atoms with Crippen molar-refractivity contribution in [3.63, 3.8) is 0 Å². The summed E-state index contributed by atoms with van der Waals surface area (Å²) >= 11 is 0. The number of aliphatic carboxylic acids is 1. The number of carbonyl (C=O) groups is 2. The van der Waals surface area contributed by atoms with Crippen LogP contribution in [0.1, 0.15) is 27.8 Å². The lowest BCUT2D eigenvalue weighted by atomic mass is 10.1. The molecule has 0 saturated heterocycles. The van der Waals surface area contributed by atoms with Gasteiger partial charge in [-0.2, -0.15) is 5.10 Å². The number of nitrogens with zero attached hydrogens (tertiary/aromatic N) is 1. The van der Waals surface area contributed by atoms with Gasteiger partial charge in [-0.3, -0.25) is 9.89 Å². The maximum Gasteiger partial charge on any atom is 0.330 e. The van der Waals surface area contributed by atoms with Crippen LogP contribution in [0.3, 0.4) is 0 Å². The number of aromatic nitrogens is 2. The third-order valence-corrected chi connectivity index (χ3v) is 2.59. The fourth-order valence-electron chi connectivity index (χ4n) is 1.67. The Morgan fingerprint density at radius 3 is 2.53 bits per heavy atom. The molecule has 6 heteroatoms. The highest BCUT2D eigenvalue weighted by molar-refractivity contribution is 5.95. The van der Waals surface area contributed by atoms with Gasteiger partial charge in [0.25, 0.3) is 5.91 Å². The summed E-state index contributed by atoms with van der Waals surface area (Å²) in [4.78, 5) is 23.1. The Morgan fingerprint density at radius 1 is 1.32 bits per heavy atom. The van der Waals surface area contributed by atoms with Crippen LogP contribution in [0.2, 0.25) is 0 Å². The molecule has 0 unspecified atom stereocenters. The fourth-order valence-corrected chi connectivity index (χ4v) is 1.67. The van der Waals surface area contributed by atoms with Crippen molar-refractivity contribution >= 4 is 11.9 Å². The van der Waals surface area contributed by atoms with Crippen molar-refractivity contribution in [1.82, 2.24) is 15.5 Å². The lowest BCUT2D eigenvalue weighted by molar-refractivity contribution is -0.139. The normalized spacial score (nSPS) is 11.8. The molecular formula is C13H13N3O3. The maximum atomic E-state index is 11.9. The lowest BCUT2D eigenvalue weighted by Crippen LogP contribution is -2.33. The van der Waals surface area contributed by atoms with Gasteiger partial charge in [-0.1, -0.05) is 30.3 Å². The Morgan fingerprint density at radius 2 is 2.00 bits per heavy atom. The Labute approximate surface area is 109 Å². The Hall–Kier alpha value is -2.63. The highest BCUT2D eigenvalue weighted by Gasteiger charge is 2.23. The number of carboxylic acids is 1. The molecule has 1 aromatic heterocycles. The molecule has 2 aromatic rings. The second-order valence-corrected chi connectivity index (χ2v) is 4.09. The van der Waals surface area contributed by atoms with Crippen LogP contribution in [0.25, 0.3) is 0 Å². The Balaban J connectivity index is 2.18. The van der Waals surface area contributed by atoms with E-state index in [1.807, 2.05) is 0 Å². The van der Waals surface area contributed by atoms with Crippen molar-refractivity contribution < 1.29 is 14.7 Å². The Kier molecular flexibility index (Phi) is 3.61. The summed E-state index contributed by atoms with van der Waals surface area (Å²) in [5, 5.41) is 18.1. The van der Waals surface area contributed by atoms with Crippen LogP contribution in [-0.2, 0) is 4.79 Å². The molecule has 0 bridgehead atoms. The zero-order chi connectivity index (χ0) is 13.8. The van der Waals surface area contributed by atoms with Gasteiger partial charge in [-0.05, 0) is 18.6 Å². The number of hydrogen-bond donors (Lipinski definition) is 3. The third kappa shape index (κ3) is 2.98. The molecule has 1 amide bonds. The first kappa shape index (κ1) is 12.8. The van der Waals surface area contributed by atoms with Crippen molar-refractivity contribution in [3.05, 3.63) is 53.3 Å². The molecule has 0 spiro atoms. The first-order chi connectivity index (χ1) is 9.08. The van der Waals surface area contributed by atoms with Crippen LogP contribution >= 0.6 is 0 Å². The fraction of sp³-hybridized carbons (Fsp3) is 0.154.